The molecule has 8 heteroatoms. The quantitative estimate of drug-likeness (QED) is 0.588. The summed E-state index contributed by atoms with van der Waals surface area (Å²) in [6.07, 6.45) is 1.89. The Morgan fingerprint density at radius 2 is 1.91 bits per heavy atom. The topological polar surface area (TPSA) is 84.2 Å². The molecule has 0 unspecified atom stereocenters. The molecule has 0 spiro atoms. The average Bonchev–Trinajstić information content (AvgIpc) is 2.46. The Kier molecular flexibility index (Phi) is 10.8. The lowest BCUT2D eigenvalue weighted by atomic mass is 10.2. The van der Waals surface area contributed by atoms with Crippen molar-refractivity contribution >= 4 is 40.2 Å². The molecular weight excluding hydrogens is 377 g/mol. The van der Waals surface area contributed by atoms with Crippen LogP contribution in [0, 0.1) is 5.82 Å². The van der Waals surface area contributed by atoms with E-state index in [0.29, 0.717) is 17.6 Å². The maximum absolute atomic E-state index is 13.1. The van der Waals surface area contributed by atoms with Crippen LogP contribution in [0.5, 0.6) is 0 Å². The first kappa shape index (κ1) is 20.8. The van der Waals surface area contributed by atoms with E-state index in [1.165, 1.54) is 12.1 Å². The number of carbonyl (C=O) groups excluding carboxylic acids is 2. The smallest absolute Gasteiger partial charge is 0.252 e. The Bertz CT molecular complexity index is 503. The van der Waals surface area contributed by atoms with Crippen LogP contribution in [0.15, 0.2) is 22.7 Å². The number of rotatable bonds is 8. The fraction of sp³-hybridized carbons (Fsp3) is 0.429. The van der Waals surface area contributed by atoms with Crippen molar-refractivity contribution in [3.8, 4) is 0 Å². The van der Waals surface area contributed by atoms with E-state index in [-0.39, 0.29) is 36.8 Å². The van der Waals surface area contributed by atoms with Gasteiger partial charge in [-0.2, -0.15) is 0 Å². The molecule has 1 rings (SSSR count). The molecule has 0 heterocycles. The van der Waals surface area contributed by atoms with Crippen molar-refractivity contribution < 1.29 is 14.0 Å². The first-order valence-electron chi connectivity index (χ1n) is 6.74. The summed E-state index contributed by atoms with van der Waals surface area (Å²) in [5.74, 6) is -1.04. The second-order valence-electron chi connectivity index (χ2n) is 4.48. The second kappa shape index (κ2) is 11.4. The van der Waals surface area contributed by atoms with Crippen LogP contribution in [-0.2, 0) is 4.79 Å². The van der Waals surface area contributed by atoms with E-state index in [1.807, 2.05) is 0 Å². The lowest BCUT2D eigenvalue weighted by molar-refractivity contribution is -0.120. The third-order valence-electron chi connectivity index (χ3n) is 2.76. The van der Waals surface area contributed by atoms with E-state index in [4.69, 9.17) is 5.73 Å². The Morgan fingerprint density at radius 1 is 1.18 bits per heavy atom. The summed E-state index contributed by atoms with van der Waals surface area (Å²) in [4.78, 5) is 23.3. The van der Waals surface area contributed by atoms with Gasteiger partial charge in [0, 0.05) is 24.0 Å². The van der Waals surface area contributed by atoms with Crippen LogP contribution in [0.25, 0.3) is 0 Å². The number of unbranched alkanes of at least 4 members (excludes halogenated alkanes) is 1. The molecule has 0 bridgehead atoms. The molecule has 0 saturated carbocycles. The SMILES string of the molecule is Cl.NCCCCNC(=O)CCNC(=O)c1cc(F)ccc1Br. The van der Waals surface area contributed by atoms with Crippen LogP contribution in [0.2, 0.25) is 0 Å². The van der Waals surface area contributed by atoms with Crippen molar-refractivity contribution in [2.45, 2.75) is 19.3 Å². The lowest BCUT2D eigenvalue weighted by Crippen LogP contribution is -2.31. The summed E-state index contributed by atoms with van der Waals surface area (Å²) in [5, 5.41) is 5.32. The largest absolute Gasteiger partial charge is 0.356 e. The number of hydrogen-bond donors (Lipinski definition) is 3. The van der Waals surface area contributed by atoms with Crippen LogP contribution < -0.4 is 16.4 Å². The van der Waals surface area contributed by atoms with Crippen molar-refractivity contribution in [1.29, 1.82) is 0 Å². The molecule has 5 nitrogen and oxygen atoms in total. The molecule has 1 aromatic carbocycles. The zero-order valence-corrected chi connectivity index (χ0v) is 14.4. The molecule has 0 radical (unpaired) electrons. The molecule has 124 valence electrons. The van der Waals surface area contributed by atoms with Crippen LogP contribution in [0.3, 0.4) is 0 Å². The highest BCUT2D eigenvalue weighted by Gasteiger charge is 2.11. The van der Waals surface area contributed by atoms with E-state index in [1.54, 1.807) is 0 Å². The Labute approximate surface area is 143 Å². The summed E-state index contributed by atoms with van der Waals surface area (Å²) in [7, 11) is 0. The second-order valence-corrected chi connectivity index (χ2v) is 5.33. The van der Waals surface area contributed by atoms with Gasteiger partial charge in [-0.3, -0.25) is 9.59 Å². The van der Waals surface area contributed by atoms with Gasteiger partial charge in [0.15, 0.2) is 0 Å². The molecule has 0 fully saturated rings. The van der Waals surface area contributed by atoms with Gasteiger partial charge in [0.1, 0.15) is 5.82 Å². The minimum atomic E-state index is -0.485. The minimum absolute atomic E-state index is 0. The van der Waals surface area contributed by atoms with Crippen LogP contribution >= 0.6 is 28.3 Å². The molecule has 0 aliphatic rings. The zero-order chi connectivity index (χ0) is 15.7. The minimum Gasteiger partial charge on any atom is -0.356 e. The summed E-state index contributed by atoms with van der Waals surface area (Å²) in [6, 6.07) is 3.87. The van der Waals surface area contributed by atoms with Crippen molar-refractivity contribution in [2.75, 3.05) is 19.6 Å². The van der Waals surface area contributed by atoms with E-state index in [0.717, 1.165) is 18.9 Å². The average molecular weight is 397 g/mol. The number of nitrogens with two attached hydrogens (primary N) is 1. The first-order chi connectivity index (χ1) is 10.0. The standard InChI is InChI=1S/C14H19BrFN3O2.ClH/c15-12-4-3-10(16)9-11(12)14(21)19-8-5-13(20)18-7-2-1-6-17;/h3-4,9H,1-2,5-8,17H2,(H,18,20)(H,19,21);1H. The third kappa shape index (κ3) is 7.72. The van der Waals surface area contributed by atoms with Gasteiger partial charge in [-0.1, -0.05) is 0 Å². The molecular formula is C14H20BrClFN3O2. The van der Waals surface area contributed by atoms with Gasteiger partial charge in [-0.05, 0) is 53.5 Å². The predicted molar refractivity (Wildman–Crippen MR) is 89.6 cm³/mol. The zero-order valence-electron chi connectivity index (χ0n) is 12.0. The number of hydrogen-bond acceptors (Lipinski definition) is 3. The summed E-state index contributed by atoms with van der Waals surface area (Å²) in [6.45, 7) is 1.39. The number of halogens is 3. The molecule has 22 heavy (non-hydrogen) atoms. The van der Waals surface area contributed by atoms with Crippen molar-refractivity contribution in [3.05, 3.63) is 34.1 Å². The molecule has 0 saturated heterocycles. The maximum Gasteiger partial charge on any atom is 0.252 e. The summed E-state index contributed by atoms with van der Waals surface area (Å²) >= 11 is 3.18. The molecule has 2 amide bonds. The molecule has 0 aromatic heterocycles. The van der Waals surface area contributed by atoms with Gasteiger partial charge < -0.3 is 16.4 Å². The Morgan fingerprint density at radius 3 is 2.59 bits per heavy atom. The van der Waals surface area contributed by atoms with Crippen LogP contribution in [0.1, 0.15) is 29.6 Å². The van der Waals surface area contributed by atoms with Crippen molar-refractivity contribution in [2.24, 2.45) is 5.73 Å². The summed E-state index contributed by atoms with van der Waals surface area (Å²) < 4.78 is 13.6. The third-order valence-corrected chi connectivity index (χ3v) is 3.46. The Hall–Kier alpha value is -1.18. The van der Waals surface area contributed by atoms with Gasteiger partial charge in [0.25, 0.3) is 5.91 Å². The van der Waals surface area contributed by atoms with Crippen molar-refractivity contribution in [3.63, 3.8) is 0 Å². The van der Waals surface area contributed by atoms with E-state index < -0.39 is 11.7 Å². The van der Waals surface area contributed by atoms with Crippen molar-refractivity contribution in [1.82, 2.24) is 10.6 Å². The van der Waals surface area contributed by atoms with E-state index >= 15 is 0 Å². The highest BCUT2D eigenvalue weighted by molar-refractivity contribution is 9.10. The molecule has 0 aliphatic carbocycles. The molecule has 0 atom stereocenters. The number of amides is 2. The molecule has 0 aliphatic heterocycles. The highest BCUT2D eigenvalue weighted by Crippen LogP contribution is 2.17. The lowest BCUT2D eigenvalue weighted by Gasteiger charge is -2.08. The van der Waals surface area contributed by atoms with Gasteiger partial charge in [0.05, 0.1) is 5.56 Å². The predicted octanol–water partition coefficient (Wildman–Crippen LogP) is 1.98. The monoisotopic (exact) mass is 395 g/mol. The number of carbonyl (C=O) groups is 2. The molecule has 4 N–H and O–H groups in total. The highest BCUT2D eigenvalue weighted by atomic mass is 79.9. The van der Waals surface area contributed by atoms with E-state index in [2.05, 4.69) is 26.6 Å². The number of benzene rings is 1. The van der Waals surface area contributed by atoms with Crippen LogP contribution in [0.4, 0.5) is 4.39 Å². The molecule has 1 aromatic rings. The number of nitrogens with one attached hydrogen (secondary N) is 2. The van der Waals surface area contributed by atoms with Gasteiger partial charge in [-0.25, -0.2) is 4.39 Å². The first-order valence-corrected chi connectivity index (χ1v) is 7.54. The fourth-order valence-corrected chi connectivity index (χ4v) is 2.07. The maximum atomic E-state index is 13.1. The summed E-state index contributed by atoms with van der Waals surface area (Å²) in [5.41, 5.74) is 5.55. The van der Waals surface area contributed by atoms with Gasteiger partial charge in [0.2, 0.25) is 5.91 Å². The van der Waals surface area contributed by atoms with E-state index in [9.17, 15) is 14.0 Å². The normalized spacial score (nSPS) is 9.77. The fourth-order valence-electron chi connectivity index (χ4n) is 1.64. The van der Waals surface area contributed by atoms with Crippen LogP contribution in [-0.4, -0.2) is 31.4 Å². The van der Waals surface area contributed by atoms with Gasteiger partial charge in [-0.15, -0.1) is 12.4 Å². The Balaban J connectivity index is 0.00000441. The van der Waals surface area contributed by atoms with Gasteiger partial charge >= 0.3 is 0 Å².